The normalized spacial score (nSPS) is 10.2. The van der Waals surface area contributed by atoms with E-state index in [0.29, 0.717) is 6.54 Å². The lowest BCUT2D eigenvalue weighted by atomic mass is 10.4. The zero-order valence-corrected chi connectivity index (χ0v) is 11.9. The molecule has 0 unspecified atom stereocenters. The van der Waals surface area contributed by atoms with Crippen LogP contribution in [0, 0.1) is 10.1 Å². The van der Waals surface area contributed by atoms with Gasteiger partial charge in [0.25, 0.3) is 0 Å². The van der Waals surface area contributed by atoms with Crippen molar-refractivity contribution in [2.75, 3.05) is 10.7 Å². The lowest BCUT2D eigenvalue weighted by Crippen LogP contribution is -2.13. The van der Waals surface area contributed by atoms with Gasteiger partial charge in [0, 0.05) is 9.35 Å². The SMILES string of the molecule is NNc1ncc([N+](=O)[O-])c(NCc2sccc2Br)n1. The average Bonchev–Trinajstić information content (AvgIpc) is 2.81. The van der Waals surface area contributed by atoms with Gasteiger partial charge in [-0.25, -0.2) is 10.8 Å². The Kier molecular flexibility index (Phi) is 4.24. The Morgan fingerprint density at radius 2 is 2.37 bits per heavy atom. The lowest BCUT2D eigenvalue weighted by molar-refractivity contribution is -0.384. The Hall–Kier alpha value is -1.78. The van der Waals surface area contributed by atoms with Crippen LogP contribution >= 0.6 is 27.3 Å². The van der Waals surface area contributed by atoms with Crippen LogP contribution in [0.5, 0.6) is 0 Å². The maximum atomic E-state index is 10.9. The minimum atomic E-state index is -0.550. The van der Waals surface area contributed by atoms with E-state index in [2.05, 4.69) is 36.6 Å². The molecule has 4 N–H and O–H groups in total. The predicted molar refractivity (Wildman–Crippen MR) is 75.8 cm³/mol. The summed E-state index contributed by atoms with van der Waals surface area (Å²) in [6, 6.07) is 1.91. The molecule has 10 heteroatoms. The van der Waals surface area contributed by atoms with E-state index in [1.165, 1.54) is 11.3 Å². The monoisotopic (exact) mass is 344 g/mol. The molecule has 0 atom stereocenters. The molecule has 0 aromatic carbocycles. The molecule has 0 aliphatic heterocycles. The average molecular weight is 345 g/mol. The molecule has 0 aliphatic rings. The maximum absolute atomic E-state index is 10.9. The van der Waals surface area contributed by atoms with Crippen molar-refractivity contribution in [3.8, 4) is 0 Å². The molecule has 0 fully saturated rings. The van der Waals surface area contributed by atoms with Crippen LogP contribution in [-0.4, -0.2) is 14.9 Å². The van der Waals surface area contributed by atoms with Gasteiger partial charge in [0.15, 0.2) is 0 Å². The minimum absolute atomic E-state index is 0.110. The van der Waals surface area contributed by atoms with Crippen molar-refractivity contribution in [1.29, 1.82) is 0 Å². The number of nitrogens with zero attached hydrogens (tertiary/aromatic N) is 3. The third-order valence-electron chi connectivity index (χ3n) is 2.20. The van der Waals surface area contributed by atoms with Crippen LogP contribution < -0.4 is 16.6 Å². The van der Waals surface area contributed by atoms with Crippen LogP contribution in [0.1, 0.15) is 4.88 Å². The molecule has 0 saturated heterocycles. The summed E-state index contributed by atoms with van der Waals surface area (Å²) in [5.74, 6) is 5.41. The van der Waals surface area contributed by atoms with Gasteiger partial charge in [-0.05, 0) is 27.4 Å². The van der Waals surface area contributed by atoms with Crippen molar-refractivity contribution in [3.05, 3.63) is 37.1 Å². The van der Waals surface area contributed by atoms with E-state index in [-0.39, 0.29) is 17.5 Å². The summed E-state index contributed by atoms with van der Waals surface area (Å²) < 4.78 is 0.943. The number of nitrogens with one attached hydrogen (secondary N) is 2. The number of nitrogen functional groups attached to an aromatic ring is 1. The number of aromatic nitrogens is 2. The molecule has 2 rings (SSSR count). The van der Waals surface area contributed by atoms with Gasteiger partial charge in [0.05, 0.1) is 11.5 Å². The minimum Gasteiger partial charge on any atom is -0.359 e. The molecular weight excluding hydrogens is 336 g/mol. The van der Waals surface area contributed by atoms with E-state index in [4.69, 9.17) is 5.84 Å². The second-order valence-corrected chi connectivity index (χ2v) is 5.23. The van der Waals surface area contributed by atoms with Crippen LogP contribution in [0.2, 0.25) is 0 Å². The first-order valence-corrected chi connectivity index (χ1v) is 6.73. The van der Waals surface area contributed by atoms with E-state index in [9.17, 15) is 10.1 Å². The summed E-state index contributed by atoms with van der Waals surface area (Å²) in [5.41, 5.74) is 2.04. The van der Waals surface area contributed by atoms with Crippen molar-refractivity contribution in [1.82, 2.24) is 9.97 Å². The fourth-order valence-electron chi connectivity index (χ4n) is 1.32. The number of rotatable bonds is 5. The van der Waals surface area contributed by atoms with Crippen molar-refractivity contribution >= 4 is 44.7 Å². The third-order valence-corrected chi connectivity index (χ3v) is 4.13. The van der Waals surface area contributed by atoms with Gasteiger partial charge in [-0.2, -0.15) is 4.98 Å². The zero-order valence-electron chi connectivity index (χ0n) is 9.46. The first-order chi connectivity index (χ1) is 9.11. The first kappa shape index (κ1) is 13.6. The summed E-state index contributed by atoms with van der Waals surface area (Å²) >= 11 is 4.92. The molecule has 100 valence electrons. The Balaban J connectivity index is 2.22. The summed E-state index contributed by atoms with van der Waals surface area (Å²) in [6.45, 7) is 0.417. The molecular formula is C9H9BrN6O2S. The topological polar surface area (TPSA) is 119 Å². The summed E-state index contributed by atoms with van der Waals surface area (Å²) in [7, 11) is 0. The van der Waals surface area contributed by atoms with E-state index in [1.54, 1.807) is 0 Å². The summed E-state index contributed by atoms with van der Waals surface area (Å²) in [4.78, 5) is 19.0. The number of halogens is 1. The molecule has 0 amide bonds. The van der Waals surface area contributed by atoms with Crippen LogP contribution in [0.4, 0.5) is 17.5 Å². The zero-order chi connectivity index (χ0) is 13.8. The summed E-state index contributed by atoms with van der Waals surface area (Å²) in [5, 5.41) is 15.7. The standard InChI is InChI=1S/C9H9BrN6O2S/c10-5-1-2-19-7(5)4-12-8-6(16(17)18)3-13-9(14-8)15-11/h1-3H,4,11H2,(H2,12,13,14,15). The smallest absolute Gasteiger partial charge is 0.329 e. The van der Waals surface area contributed by atoms with E-state index < -0.39 is 4.92 Å². The highest BCUT2D eigenvalue weighted by Crippen LogP contribution is 2.26. The third kappa shape index (κ3) is 3.16. The molecule has 2 aromatic heterocycles. The first-order valence-electron chi connectivity index (χ1n) is 5.05. The molecule has 8 nitrogen and oxygen atoms in total. The molecule has 0 radical (unpaired) electrons. The van der Waals surface area contributed by atoms with Crippen molar-refractivity contribution in [3.63, 3.8) is 0 Å². The number of anilines is 2. The molecule has 2 aromatic rings. The van der Waals surface area contributed by atoms with E-state index >= 15 is 0 Å². The molecule has 0 bridgehead atoms. The van der Waals surface area contributed by atoms with Gasteiger partial charge >= 0.3 is 5.69 Å². The van der Waals surface area contributed by atoms with Gasteiger partial charge < -0.3 is 5.32 Å². The van der Waals surface area contributed by atoms with Gasteiger partial charge in [0.2, 0.25) is 11.8 Å². The second-order valence-electron chi connectivity index (χ2n) is 3.37. The van der Waals surface area contributed by atoms with Crippen LogP contribution in [0.15, 0.2) is 22.1 Å². The van der Waals surface area contributed by atoms with Crippen molar-refractivity contribution in [2.45, 2.75) is 6.54 Å². The number of hydrogen-bond donors (Lipinski definition) is 3. The number of thiophene rings is 1. The van der Waals surface area contributed by atoms with Gasteiger partial charge in [-0.1, -0.05) is 0 Å². The fraction of sp³-hybridized carbons (Fsp3) is 0.111. The Bertz CT molecular complexity index is 604. The highest BCUT2D eigenvalue weighted by Gasteiger charge is 2.17. The molecule has 2 heterocycles. The molecule has 19 heavy (non-hydrogen) atoms. The van der Waals surface area contributed by atoms with Crippen molar-refractivity contribution < 1.29 is 4.92 Å². The maximum Gasteiger partial charge on any atom is 0.329 e. The fourth-order valence-corrected chi connectivity index (χ4v) is 2.76. The number of hydrogen-bond acceptors (Lipinski definition) is 8. The van der Waals surface area contributed by atoms with E-state index in [0.717, 1.165) is 15.5 Å². The summed E-state index contributed by atoms with van der Waals surface area (Å²) in [6.07, 6.45) is 1.11. The van der Waals surface area contributed by atoms with Gasteiger partial charge in [0.1, 0.15) is 6.20 Å². The van der Waals surface area contributed by atoms with E-state index in [1.807, 2.05) is 11.4 Å². The number of nitrogens with two attached hydrogens (primary N) is 1. The van der Waals surface area contributed by atoms with Crippen LogP contribution in [-0.2, 0) is 6.54 Å². The quantitative estimate of drug-likeness (QED) is 0.431. The molecule has 0 saturated carbocycles. The lowest BCUT2D eigenvalue weighted by Gasteiger charge is -2.06. The molecule has 0 aliphatic carbocycles. The highest BCUT2D eigenvalue weighted by molar-refractivity contribution is 9.10. The number of hydrazine groups is 1. The predicted octanol–water partition coefficient (Wildman–Crippen LogP) is 2.11. The molecule has 0 spiro atoms. The van der Waals surface area contributed by atoms with Gasteiger partial charge in [-0.3, -0.25) is 15.5 Å². The van der Waals surface area contributed by atoms with Gasteiger partial charge in [-0.15, -0.1) is 11.3 Å². The Morgan fingerprint density at radius 1 is 1.58 bits per heavy atom. The Labute approximate surface area is 120 Å². The van der Waals surface area contributed by atoms with Crippen LogP contribution in [0.25, 0.3) is 0 Å². The Morgan fingerprint density at radius 3 is 2.95 bits per heavy atom. The van der Waals surface area contributed by atoms with Crippen molar-refractivity contribution in [2.24, 2.45) is 5.84 Å². The van der Waals surface area contributed by atoms with Crippen LogP contribution in [0.3, 0.4) is 0 Å². The number of nitro groups is 1. The highest BCUT2D eigenvalue weighted by atomic mass is 79.9. The largest absolute Gasteiger partial charge is 0.359 e. The second kappa shape index (κ2) is 5.91.